The van der Waals surface area contributed by atoms with Gasteiger partial charge in [0.15, 0.2) is 0 Å². The maximum Gasteiger partial charge on any atom is 0.0691 e. The minimum absolute atomic E-state index is 0.107. The Hall–Kier alpha value is -1.71. The Bertz CT molecular complexity index is 799. The summed E-state index contributed by atoms with van der Waals surface area (Å²) in [5.74, 6) is 0. The smallest absolute Gasteiger partial charge is 0.0691 e. The Morgan fingerprint density at radius 2 is 1.89 bits per heavy atom. The van der Waals surface area contributed by atoms with E-state index in [1.807, 2.05) is 12.3 Å². The van der Waals surface area contributed by atoms with Gasteiger partial charge in [0.25, 0.3) is 0 Å². The third-order valence-corrected chi connectivity index (χ3v) is 7.50. The van der Waals surface area contributed by atoms with Crippen LogP contribution < -0.4 is 5.32 Å². The molecule has 1 saturated carbocycles. The molecule has 2 fully saturated rings. The van der Waals surface area contributed by atoms with E-state index in [0.717, 1.165) is 32.4 Å². The van der Waals surface area contributed by atoms with Gasteiger partial charge in [-0.15, -0.1) is 0 Å². The zero-order chi connectivity index (χ0) is 18.9. The SMILES string of the molecule is c1ccc([C@]2(CCN[C@@H]3CCc4ccccc43)CCOC3(CCCC3)C2)nc1. The van der Waals surface area contributed by atoms with Gasteiger partial charge in [0.2, 0.25) is 0 Å². The van der Waals surface area contributed by atoms with Crippen molar-refractivity contribution in [2.45, 2.75) is 74.8 Å². The van der Waals surface area contributed by atoms with Crippen molar-refractivity contribution in [2.75, 3.05) is 13.2 Å². The molecule has 3 nitrogen and oxygen atoms in total. The van der Waals surface area contributed by atoms with Gasteiger partial charge in [0, 0.05) is 30.0 Å². The monoisotopic (exact) mass is 376 g/mol. The van der Waals surface area contributed by atoms with Crippen molar-refractivity contribution in [1.29, 1.82) is 0 Å². The predicted molar refractivity (Wildman–Crippen MR) is 112 cm³/mol. The van der Waals surface area contributed by atoms with E-state index in [1.165, 1.54) is 55.3 Å². The number of hydrogen-bond acceptors (Lipinski definition) is 3. The number of aryl methyl sites for hydroxylation is 1. The second-order valence-corrected chi connectivity index (χ2v) is 9.15. The van der Waals surface area contributed by atoms with Crippen LogP contribution in [0.1, 0.15) is 74.2 Å². The molecule has 1 aliphatic heterocycles. The van der Waals surface area contributed by atoms with E-state index in [9.17, 15) is 0 Å². The number of ether oxygens (including phenoxy) is 1. The fourth-order valence-corrected chi connectivity index (χ4v) is 6.05. The zero-order valence-corrected chi connectivity index (χ0v) is 16.8. The molecule has 0 radical (unpaired) electrons. The van der Waals surface area contributed by atoms with Gasteiger partial charge in [-0.1, -0.05) is 43.2 Å². The van der Waals surface area contributed by atoms with Crippen LogP contribution in [0.3, 0.4) is 0 Å². The number of fused-ring (bicyclic) bond motifs is 1. The van der Waals surface area contributed by atoms with E-state index in [4.69, 9.17) is 9.72 Å². The van der Waals surface area contributed by atoms with Crippen molar-refractivity contribution in [3.05, 3.63) is 65.5 Å². The summed E-state index contributed by atoms with van der Waals surface area (Å²) < 4.78 is 6.38. The van der Waals surface area contributed by atoms with Crippen LogP contribution in [0.2, 0.25) is 0 Å². The summed E-state index contributed by atoms with van der Waals surface area (Å²) in [7, 11) is 0. The standard InChI is InChI=1S/C25H32N2O/c1-2-8-21-20(7-1)10-11-22(21)26-17-14-24(23-9-3-6-16-27-23)15-18-28-25(19-24)12-4-5-13-25/h1-3,6-9,16,22,26H,4-5,10-15,17-19H2/t22-,24-/m1/s1. The predicted octanol–water partition coefficient (Wildman–Crippen LogP) is 5.11. The van der Waals surface area contributed by atoms with Crippen molar-refractivity contribution >= 4 is 0 Å². The molecule has 3 aliphatic rings. The molecule has 1 saturated heterocycles. The maximum absolute atomic E-state index is 6.38. The summed E-state index contributed by atoms with van der Waals surface area (Å²) in [4.78, 5) is 4.83. The molecular weight excluding hydrogens is 344 g/mol. The molecule has 1 aromatic heterocycles. The number of aromatic nitrogens is 1. The molecular formula is C25H32N2O. The molecule has 2 atom stereocenters. The first kappa shape index (κ1) is 18.3. The summed E-state index contributed by atoms with van der Waals surface area (Å²) in [5.41, 5.74) is 4.56. The molecule has 28 heavy (non-hydrogen) atoms. The zero-order valence-electron chi connectivity index (χ0n) is 16.8. The second-order valence-electron chi connectivity index (χ2n) is 9.15. The summed E-state index contributed by atoms with van der Waals surface area (Å²) in [5, 5.41) is 3.89. The van der Waals surface area contributed by atoms with Crippen LogP contribution in [-0.4, -0.2) is 23.7 Å². The molecule has 0 bridgehead atoms. The number of rotatable bonds is 5. The fraction of sp³-hybridized carbons (Fsp3) is 0.560. The minimum Gasteiger partial charge on any atom is -0.375 e. The fourth-order valence-electron chi connectivity index (χ4n) is 6.05. The molecule has 5 rings (SSSR count). The summed E-state index contributed by atoms with van der Waals surface area (Å²) >= 11 is 0. The average Bonchev–Trinajstić information content (AvgIpc) is 3.36. The van der Waals surface area contributed by atoms with Crippen LogP contribution in [0.15, 0.2) is 48.7 Å². The van der Waals surface area contributed by atoms with Crippen LogP contribution >= 0.6 is 0 Å². The number of hydrogen-bond donors (Lipinski definition) is 1. The van der Waals surface area contributed by atoms with Gasteiger partial charge in [-0.05, 0) is 74.8 Å². The highest BCUT2D eigenvalue weighted by Crippen LogP contribution is 2.49. The lowest BCUT2D eigenvalue weighted by Crippen LogP contribution is -2.47. The number of nitrogens with zero attached hydrogens (tertiary/aromatic N) is 1. The Morgan fingerprint density at radius 1 is 1.04 bits per heavy atom. The van der Waals surface area contributed by atoms with Crippen molar-refractivity contribution in [3.8, 4) is 0 Å². The molecule has 0 unspecified atom stereocenters. The molecule has 2 heterocycles. The molecule has 1 N–H and O–H groups in total. The highest BCUT2D eigenvalue weighted by molar-refractivity contribution is 5.34. The summed E-state index contributed by atoms with van der Waals surface area (Å²) in [6.45, 7) is 1.93. The van der Waals surface area contributed by atoms with E-state index in [0.29, 0.717) is 6.04 Å². The van der Waals surface area contributed by atoms with Crippen LogP contribution in [0.5, 0.6) is 0 Å². The van der Waals surface area contributed by atoms with E-state index >= 15 is 0 Å². The quantitative estimate of drug-likeness (QED) is 0.787. The molecule has 0 amide bonds. The van der Waals surface area contributed by atoms with Crippen LogP contribution in [0.25, 0.3) is 0 Å². The van der Waals surface area contributed by atoms with Crippen molar-refractivity contribution in [1.82, 2.24) is 10.3 Å². The molecule has 2 aromatic rings. The van der Waals surface area contributed by atoms with Crippen LogP contribution in [-0.2, 0) is 16.6 Å². The molecule has 1 spiro atoms. The summed E-state index contributed by atoms with van der Waals surface area (Å²) in [6, 6.07) is 15.9. The highest BCUT2D eigenvalue weighted by atomic mass is 16.5. The van der Waals surface area contributed by atoms with E-state index in [2.05, 4.69) is 41.7 Å². The highest BCUT2D eigenvalue weighted by Gasteiger charge is 2.48. The van der Waals surface area contributed by atoms with Crippen molar-refractivity contribution < 1.29 is 4.74 Å². The number of nitrogens with one attached hydrogen (secondary N) is 1. The van der Waals surface area contributed by atoms with Gasteiger partial charge in [0.1, 0.15) is 0 Å². The van der Waals surface area contributed by atoms with E-state index in [1.54, 1.807) is 0 Å². The molecule has 3 heteroatoms. The largest absolute Gasteiger partial charge is 0.375 e. The molecule has 148 valence electrons. The first-order valence-corrected chi connectivity index (χ1v) is 11.2. The van der Waals surface area contributed by atoms with Gasteiger partial charge in [0.05, 0.1) is 5.60 Å². The lowest BCUT2D eigenvalue weighted by atomic mass is 9.68. The van der Waals surface area contributed by atoms with Gasteiger partial charge in [-0.2, -0.15) is 0 Å². The maximum atomic E-state index is 6.38. The Labute approximate surface area is 168 Å². The number of benzene rings is 1. The summed E-state index contributed by atoms with van der Waals surface area (Å²) in [6.07, 6.45) is 12.9. The van der Waals surface area contributed by atoms with Gasteiger partial charge in [-0.25, -0.2) is 0 Å². The topological polar surface area (TPSA) is 34.1 Å². The van der Waals surface area contributed by atoms with Crippen LogP contribution in [0, 0.1) is 0 Å². The Morgan fingerprint density at radius 3 is 2.75 bits per heavy atom. The Kier molecular flexibility index (Phi) is 4.98. The van der Waals surface area contributed by atoms with Gasteiger partial charge in [-0.3, -0.25) is 4.98 Å². The first-order valence-electron chi connectivity index (χ1n) is 11.2. The van der Waals surface area contributed by atoms with E-state index < -0.39 is 0 Å². The third-order valence-electron chi connectivity index (χ3n) is 7.50. The van der Waals surface area contributed by atoms with Crippen molar-refractivity contribution in [2.24, 2.45) is 0 Å². The van der Waals surface area contributed by atoms with Crippen LogP contribution in [0.4, 0.5) is 0 Å². The first-order chi connectivity index (χ1) is 13.8. The lowest BCUT2D eigenvalue weighted by Gasteiger charge is -2.46. The number of pyridine rings is 1. The average molecular weight is 377 g/mol. The lowest BCUT2D eigenvalue weighted by molar-refractivity contribution is -0.104. The minimum atomic E-state index is 0.107. The van der Waals surface area contributed by atoms with Gasteiger partial charge >= 0.3 is 0 Å². The normalized spacial score (nSPS) is 28.5. The van der Waals surface area contributed by atoms with Gasteiger partial charge < -0.3 is 10.1 Å². The molecule has 1 aromatic carbocycles. The second kappa shape index (κ2) is 7.61. The molecule has 2 aliphatic carbocycles. The Balaban J connectivity index is 1.33. The third kappa shape index (κ3) is 3.40. The van der Waals surface area contributed by atoms with Crippen molar-refractivity contribution in [3.63, 3.8) is 0 Å². The van der Waals surface area contributed by atoms with E-state index in [-0.39, 0.29) is 11.0 Å².